The van der Waals surface area contributed by atoms with Gasteiger partial charge in [0.15, 0.2) is 0 Å². The Balaban J connectivity index is 3.01. The zero-order valence-electron chi connectivity index (χ0n) is 7.95. The van der Waals surface area contributed by atoms with Gasteiger partial charge in [0.2, 0.25) is 0 Å². The smallest absolute Gasteiger partial charge is 0.0901 e. The molecule has 0 atom stereocenters. The van der Waals surface area contributed by atoms with Gasteiger partial charge < -0.3 is 0 Å². The van der Waals surface area contributed by atoms with E-state index in [0.717, 1.165) is 16.3 Å². The molecule has 0 aromatic carbocycles. The van der Waals surface area contributed by atoms with Crippen LogP contribution in [0.3, 0.4) is 0 Å². The first-order valence-corrected chi connectivity index (χ1v) is 5.03. The van der Waals surface area contributed by atoms with Crippen molar-refractivity contribution in [2.24, 2.45) is 0 Å². The van der Waals surface area contributed by atoms with Gasteiger partial charge in [-0.15, -0.1) is 11.3 Å². The summed E-state index contributed by atoms with van der Waals surface area (Å²) in [5.74, 6) is 0. The lowest BCUT2D eigenvalue weighted by atomic mass is 10.2. The number of rotatable bonds is 3. The molecule has 1 rings (SSSR count). The second kappa shape index (κ2) is 4.77. The average Bonchev–Trinajstić information content (AvgIpc) is 2.51. The summed E-state index contributed by atoms with van der Waals surface area (Å²) in [5.41, 5.74) is 2.14. The molecule has 0 aliphatic carbocycles. The number of hydrogen-bond acceptors (Lipinski definition) is 2. The minimum absolute atomic E-state index is 1.03. The highest BCUT2D eigenvalue weighted by molar-refractivity contribution is 7.09. The quantitative estimate of drug-likeness (QED) is 0.665. The first kappa shape index (κ1) is 9.93. The van der Waals surface area contributed by atoms with Crippen LogP contribution in [0.2, 0.25) is 0 Å². The molecule has 1 heterocycles. The van der Waals surface area contributed by atoms with E-state index in [4.69, 9.17) is 0 Å². The molecule has 0 saturated heterocycles. The standard InChI is InChI=1S/C11H13NS/c1-4-6-10(7-5-2)11-8-13-9(3)12-11/h4-8H,1H2,2-3H3/b7-5-,10-6+. The van der Waals surface area contributed by atoms with Crippen molar-refractivity contribution in [3.8, 4) is 0 Å². The molecule has 0 aliphatic rings. The van der Waals surface area contributed by atoms with Crippen LogP contribution in [0, 0.1) is 6.92 Å². The summed E-state index contributed by atoms with van der Waals surface area (Å²) in [6.07, 6.45) is 7.79. The van der Waals surface area contributed by atoms with Gasteiger partial charge in [-0.25, -0.2) is 4.98 Å². The van der Waals surface area contributed by atoms with Crippen molar-refractivity contribution in [1.82, 2.24) is 4.98 Å². The maximum absolute atomic E-state index is 4.40. The lowest BCUT2D eigenvalue weighted by Crippen LogP contribution is -1.80. The highest BCUT2D eigenvalue weighted by Gasteiger charge is 2.00. The second-order valence-corrected chi connectivity index (χ2v) is 3.67. The molecule has 1 nitrogen and oxygen atoms in total. The molecule has 68 valence electrons. The molecule has 0 spiro atoms. The molecular weight excluding hydrogens is 178 g/mol. The fourth-order valence-electron chi connectivity index (χ4n) is 1.03. The second-order valence-electron chi connectivity index (χ2n) is 2.61. The van der Waals surface area contributed by atoms with E-state index in [1.54, 1.807) is 17.4 Å². The van der Waals surface area contributed by atoms with Crippen molar-refractivity contribution in [2.75, 3.05) is 0 Å². The van der Waals surface area contributed by atoms with Crippen LogP contribution in [0.25, 0.3) is 5.57 Å². The van der Waals surface area contributed by atoms with E-state index in [9.17, 15) is 0 Å². The Morgan fingerprint density at radius 1 is 1.62 bits per heavy atom. The Bertz CT molecular complexity index is 345. The lowest BCUT2D eigenvalue weighted by molar-refractivity contribution is 1.26. The largest absolute Gasteiger partial charge is 0.242 e. The van der Waals surface area contributed by atoms with Gasteiger partial charge in [-0.05, 0) is 13.8 Å². The van der Waals surface area contributed by atoms with Crippen LogP contribution in [-0.4, -0.2) is 4.98 Å². The van der Waals surface area contributed by atoms with Crippen molar-refractivity contribution in [1.29, 1.82) is 0 Å². The predicted molar refractivity (Wildman–Crippen MR) is 59.8 cm³/mol. The van der Waals surface area contributed by atoms with Gasteiger partial charge in [0.1, 0.15) is 0 Å². The van der Waals surface area contributed by atoms with Crippen molar-refractivity contribution in [3.63, 3.8) is 0 Å². The summed E-state index contributed by atoms with van der Waals surface area (Å²) in [6, 6.07) is 0. The van der Waals surface area contributed by atoms with Crippen LogP contribution in [0.1, 0.15) is 17.6 Å². The normalized spacial score (nSPS) is 12.3. The summed E-state index contributed by atoms with van der Waals surface area (Å²) in [6.45, 7) is 7.69. The van der Waals surface area contributed by atoms with Crippen molar-refractivity contribution < 1.29 is 0 Å². The zero-order chi connectivity index (χ0) is 9.68. The third kappa shape index (κ3) is 2.67. The van der Waals surface area contributed by atoms with Gasteiger partial charge in [-0.3, -0.25) is 0 Å². The molecule has 0 N–H and O–H groups in total. The molecule has 0 bridgehead atoms. The van der Waals surface area contributed by atoms with E-state index >= 15 is 0 Å². The molecule has 1 aromatic rings. The summed E-state index contributed by atoms with van der Waals surface area (Å²) in [4.78, 5) is 4.40. The molecule has 0 amide bonds. The SMILES string of the molecule is C=C/C=C(\C=C/C)c1csc(C)n1. The fraction of sp³-hybridized carbons (Fsp3) is 0.182. The summed E-state index contributed by atoms with van der Waals surface area (Å²) in [5, 5.41) is 3.15. The summed E-state index contributed by atoms with van der Waals surface area (Å²) < 4.78 is 0. The Kier molecular flexibility index (Phi) is 3.65. The number of aromatic nitrogens is 1. The predicted octanol–water partition coefficient (Wildman–Crippen LogP) is 3.60. The molecular formula is C11H13NS. The van der Waals surface area contributed by atoms with E-state index in [-0.39, 0.29) is 0 Å². The van der Waals surface area contributed by atoms with Gasteiger partial charge >= 0.3 is 0 Å². The minimum Gasteiger partial charge on any atom is -0.242 e. The Hall–Kier alpha value is -1.15. The lowest BCUT2D eigenvalue weighted by Gasteiger charge is -1.94. The molecule has 0 saturated carbocycles. The van der Waals surface area contributed by atoms with Gasteiger partial charge in [-0.2, -0.15) is 0 Å². The first-order chi connectivity index (χ1) is 6.27. The molecule has 0 radical (unpaired) electrons. The van der Waals surface area contributed by atoms with E-state index in [1.807, 2.05) is 32.1 Å². The van der Waals surface area contributed by atoms with Gasteiger partial charge in [0, 0.05) is 11.0 Å². The Morgan fingerprint density at radius 2 is 2.38 bits per heavy atom. The molecule has 2 heteroatoms. The molecule has 13 heavy (non-hydrogen) atoms. The van der Waals surface area contributed by atoms with E-state index in [1.165, 1.54) is 0 Å². The fourth-order valence-corrected chi connectivity index (χ4v) is 1.65. The number of nitrogens with zero attached hydrogens (tertiary/aromatic N) is 1. The van der Waals surface area contributed by atoms with Gasteiger partial charge in [-0.1, -0.05) is 30.9 Å². The minimum atomic E-state index is 1.03. The highest BCUT2D eigenvalue weighted by Crippen LogP contribution is 2.18. The third-order valence-electron chi connectivity index (χ3n) is 1.56. The average molecular weight is 191 g/mol. The van der Waals surface area contributed by atoms with E-state index in [2.05, 4.69) is 16.9 Å². The van der Waals surface area contributed by atoms with Crippen LogP contribution in [0.15, 0.2) is 36.3 Å². The van der Waals surface area contributed by atoms with Crippen LogP contribution in [0.5, 0.6) is 0 Å². The maximum atomic E-state index is 4.40. The van der Waals surface area contributed by atoms with Crippen molar-refractivity contribution in [2.45, 2.75) is 13.8 Å². The van der Waals surface area contributed by atoms with Crippen LogP contribution < -0.4 is 0 Å². The maximum Gasteiger partial charge on any atom is 0.0901 e. The van der Waals surface area contributed by atoms with Crippen LogP contribution >= 0.6 is 11.3 Å². The van der Waals surface area contributed by atoms with Crippen molar-refractivity contribution >= 4 is 16.9 Å². The Morgan fingerprint density at radius 3 is 2.85 bits per heavy atom. The first-order valence-electron chi connectivity index (χ1n) is 4.16. The van der Waals surface area contributed by atoms with Gasteiger partial charge in [0.05, 0.1) is 10.7 Å². The number of aryl methyl sites for hydroxylation is 1. The van der Waals surface area contributed by atoms with Crippen molar-refractivity contribution in [3.05, 3.63) is 47.0 Å². The van der Waals surface area contributed by atoms with E-state index < -0.39 is 0 Å². The molecule has 0 fully saturated rings. The molecule has 1 aromatic heterocycles. The number of thiazole rings is 1. The summed E-state index contributed by atoms with van der Waals surface area (Å²) in [7, 11) is 0. The van der Waals surface area contributed by atoms with E-state index in [0.29, 0.717) is 0 Å². The monoisotopic (exact) mass is 191 g/mol. The van der Waals surface area contributed by atoms with Gasteiger partial charge in [0.25, 0.3) is 0 Å². The zero-order valence-corrected chi connectivity index (χ0v) is 8.77. The topological polar surface area (TPSA) is 12.9 Å². The molecule has 0 unspecified atom stereocenters. The van der Waals surface area contributed by atoms with Crippen LogP contribution in [-0.2, 0) is 0 Å². The number of hydrogen-bond donors (Lipinski definition) is 0. The molecule has 0 aliphatic heterocycles. The third-order valence-corrected chi connectivity index (χ3v) is 2.33. The highest BCUT2D eigenvalue weighted by atomic mass is 32.1. The Labute approximate surface area is 83.1 Å². The summed E-state index contributed by atoms with van der Waals surface area (Å²) >= 11 is 1.66. The number of allylic oxidation sites excluding steroid dienone is 5. The van der Waals surface area contributed by atoms with Crippen LogP contribution in [0.4, 0.5) is 0 Å².